The van der Waals surface area contributed by atoms with E-state index in [9.17, 15) is 0 Å². The van der Waals surface area contributed by atoms with E-state index >= 15 is 0 Å². The summed E-state index contributed by atoms with van der Waals surface area (Å²) in [6.45, 7) is 10.1. The maximum absolute atomic E-state index is 6.17. The fourth-order valence-corrected chi connectivity index (χ4v) is 3.44. The molecule has 1 aromatic heterocycles. The van der Waals surface area contributed by atoms with Crippen molar-refractivity contribution in [3.05, 3.63) is 23.4 Å². The van der Waals surface area contributed by atoms with Crippen molar-refractivity contribution in [2.24, 2.45) is 11.3 Å². The molecule has 21 heavy (non-hydrogen) atoms. The second kappa shape index (κ2) is 6.78. The number of pyridine rings is 1. The summed E-state index contributed by atoms with van der Waals surface area (Å²) in [5.74, 6) is 1.37. The maximum Gasteiger partial charge on any atom is 0.128 e. The Balaban J connectivity index is 2.20. The molecule has 0 saturated heterocycles. The summed E-state index contributed by atoms with van der Waals surface area (Å²) in [5.41, 5.74) is 9.07. The number of nitrogens with one attached hydrogen (secondary N) is 1. The van der Waals surface area contributed by atoms with E-state index in [1.807, 2.05) is 6.20 Å². The van der Waals surface area contributed by atoms with Gasteiger partial charge in [0.25, 0.3) is 0 Å². The number of nitrogen functional groups attached to an aromatic ring is 1. The number of aromatic nitrogens is 1. The quantitative estimate of drug-likeness (QED) is 0.853. The Bertz CT molecular complexity index is 458. The summed E-state index contributed by atoms with van der Waals surface area (Å²) in [6.07, 6.45) is 8.18. The first-order chi connectivity index (χ1) is 9.93. The minimum absolute atomic E-state index is 0.355. The lowest BCUT2D eigenvalue weighted by Gasteiger charge is -2.38. The predicted octanol–water partition coefficient (Wildman–Crippen LogP) is 4.23. The van der Waals surface area contributed by atoms with Gasteiger partial charge in [0.2, 0.25) is 0 Å². The molecule has 2 rings (SSSR count). The molecule has 1 fully saturated rings. The van der Waals surface area contributed by atoms with Crippen molar-refractivity contribution in [3.63, 3.8) is 0 Å². The number of aryl methyl sites for hydroxylation is 1. The number of hydrogen-bond donors (Lipinski definition) is 2. The molecule has 0 bridgehead atoms. The zero-order valence-electron chi connectivity index (χ0n) is 14.1. The van der Waals surface area contributed by atoms with Crippen LogP contribution in [0, 0.1) is 18.3 Å². The van der Waals surface area contributed by atoms with Crippen molar-refractivity contribution in [1.82, 2.24) is 10.3 Å². The van der Waals surface area contributed by atoms with Crippen molar-refractivity contribution in [1.29, 1.82) is 0 Å². The Morgan fingerprint density at radius 3 is 2.67 bits per heavy atom. The molecule has 0 radical (unpaired) electrons. The number of hydrogen-bond acceptors (Lipinski definition) is 3. The zero-order chi connectivity index (χ0) is 15.5. The normalized spacial score (nSPS) is 20.4. The monoisotopic (exact) mass is 289 g/mol. The minimum Gasteiger partial charge on any atom is -0.383 e. The Morgan fingerprint density at radius 2 is 2.05 bits per heavy atom. The van der Waals surface area contributed by atoms with Crippen LogP contribution in [0.4, 0.5) is 5.82 Å². The average Bonchev–Trinajstić information content (AvgIpc) is 2.44. The van der Waals surface area contributed by atoms with Gasteiger partial charge < -0.3 is 11.1 Å². The molecule has 1 atom stereocenters. The zero-order valence-corrected chi connectivity index (χ0v) is 14.1. The van der Waals surface area contributed by atoms with Gasteiger partial charge in [0, 0.05) is 17.8 Å². The molecule has 0 amide bonds. The number of nitrogens with two attached hydrogens (primary N) is 1. The van der Waals surface area contributed by atoms with Crippen LogP contribution >= 0.6 is 0 Å². The molecular weight excluding hydrogens is 258 g/mol. The number of nitrogens with zero attached hydrogens (tertiary/aromatic N) is 1. The first-order valence-electron chi connectivity index (χ1n) is 8.38. The van der Waals surface area contributed by atoms with E-state index in [1.54, 1.807) is 0 Å². The molecule has 3 nitrogen and oxygen atoms in total. The molecule has 3 N–H and O–H groups in total. The van der Waals surface area contributed by atoms with E-state index in [0.717, 1.165) is 13.0 Å². The lowest BCUT2D eigenvalue weighted by Crippen LogP contribution is -2.34. The molecule has 1 saturated carbocycles. The Morgan fingerprint density at radius 1 is 1.38 bits per heavy atom. The highest BCUT2D eigenvalue weighted by Crippen LogP contribution is 2.43. The van der Waals surface area contributed by atoms with Gasteiger partial charge in [-0.2, -0.15) is 0 Å². The van der Waals surface area contributed by atoms with Crippen molar-refractivity contribution < 1.29 is 0 Å². The molecule has 1 heterocycles. The van der Waals surface area contributed by atoms with E-state index in [1.165, 1.54) is 36.8 Å². The maximum atomic E-state index is 6.17. The summed E-state index contributed by atoms with van der Waals surface area (Å²) in [4.78, 5) is 4.37. The van der Waals surface area contributed by atoms with Crippen molar-refractivity contribution in [3.8, 4) is 0 Å². The van der Waals surface area contributed by atoms with Crippen molar-refractivity contribution >= 4 is 5.82 Å². The molecule has 118 valence electrons. The minimum atomic E-state index is 0.355. The van der Waals surface area contributed by atoms with Gasteiger partial charge in [-0.25, -0.2) is 4.98 Å². The van der Waals surface area contributed by atoms with Crippen LogP contribution in [0.5, 0.6) is 0 Å². The molecule has 0 spiro atoms. The highest BCUT2D eigenvalue weighted by molar-refractivity contribution is 5.43. The fraction of sp³-hybridized carbons (Fsp3) is 0.722. The van der Waals surface area contributed by atoms with Gasteiger partial charge in [0.1, 0.15) is 5.82 Å². The highest BCUT2D eigenvalue weighted by atomic mass is 14.9. The van der Waals surface area contributed by atoms with Gasteiger partial charge in [0.05, 0.1) is 0 Å². The van der Waals surface area contributed by atoms with E-state index in [2.05, 4.69) is 44.1 Å². The lowest BCUT2D eigenvalue weighted by atomic mass is 9.70. The van der Waals surface area contributed by atoms with Crippen molar-refractivity contribution in [2.45, 2.75) is 65.8 Å². The Hall–Kier alpha value is -1.09. The second-order valence-electron chi connectivity index (χ2n) is 7.42. The summed E-state index contributed by atoms with van der Waals surface area (Å²) in [5, 5.41) is 3.73. The predicted molar refractivity (Wildman–Crippen MR) is 90.2 cm³/mol. The smallest absolute Gasteiger partial charge is 0.128 e. The van der Waals surface area contributed by atoms with Crippen LogP contribution in [0.25, 0.3) is 0 Å². The third-order valence-corrected chi connectivity index (χ3v) is 4.89. The molecule has 1 aliphatic rings. The topological polar surface area (TPSA) is 50.9 Å². The van der Waals surface area contributed by atoms with Crippen LogP contribution in [0.1, 0.15) is 70.0 Å². The van der Waals surface area contributed by atoms with Crippen LogP contribution in [0.15, 0.2) is 12.3 Å². The standard InChI is InChI=1S/C18H31N3/c1-5-10-20-16(14-6-8-18(3,4)9-7-14)15-11-13(2)12-21-17(15)19/h11-12,14,16,20H,5-10H2,1-4H3,(H2,19,21). The first kappa shape index (κ1) is 16.3. The van der Waals surface area contributed by atoms with Gasteiger partial charge in [-0.05, 0) is 68.5 Å². The molecule has 1 unspecified atom stereocenters. The largest absolute Gasteiger partial charge is 0.383 e. The van der Waals surface area contributed by atoms with Gasteiger partial charge in [0.15, 0.2) is 0 Å². The summed E-state index contributed by atoms with van der Waals surface area (Å²) in [7, 11) is 0. The van der Waals surface area contributed by atoms with Crippen LogP contribution in [0.3, 0.4) is 0 Å². The van der Waals surface area contributed by atoms with Gasteiger partial charge >= 0.3 is 0 Å². The SMILES string of the molecule is CCCNC(c1cc(C)cnc1N)C1CCC(C)(C)CC1. The molecule has 0 aromatic carbocycles. The molecular formula is C18H31N3. The summed E-state index contributed by atoms with van der Waals surface area (Å²) >= 11 is 0. The van der Waals surface area contributed by atoms with Gasteiger partial charge in [-0.15, -0.1) is 0 Å². The van der Waals surface area contributed by atoms with Crippen LogP contribution in [-0.2, 0) is 0 Å². The molecule has 1 aromatic rings. The Kier molecular flexibility index (Phi) is 5.26. The fourth-order valence-electron chi connectivity index (χ4n) is 3.44. The third-order valence-electron chi connectivity index (χ3n) is 4.89. The third kappa shape index (κ3) is 4.19. The van der Waals surface area contributed by atoms with E-state index < -0.39 is 0 Å². The van der Waals surface area contributed by atoms with Gasteiger partial charge in [-0.3, -0.25) is 0 Å². The number of rotatable bonds is 5. The van der Waals surface area contributed by atoms with Crippen LogP contribution in [-0.4, -0.2) is 11.5 Å². The second-order valence-corrected chi connectivity index (χ2v) is 7.42. The van der Waals surface area contributed by atoms with E-state index in [0.29, 0.717) is 23.2 Å². The van der Waals surface area contributed by atoms with Crippen molar-refractivity contribution in [2.75, 3.05) is 12.3 Å². The average molecular weight is 289 g/mol. The lowest BCUT2D eigenvalue weighted by molar-refractivity contribution is 0.161. The molecule has 3 heteroatoms. The van der Waals surface area contributed by atoms with Crippen LogP contribution in [0.2, 0.25) is 0 Å². The molecule has 0 aliphatic heterocycles. The summed E-state index contributed by atoms with van der Waals surface area (Å²) < 4.78 is 0. The Labute approximate surface area is 129 Å². The number of anilines is 1. The van der Waals surface area contributed by atoms with E-state index in [-0.39, 0.29) is 0 Å². The molecule has 1 aliphatic carbocycles. The highest BCUT2D eigenvalue weighted by Gasteiger charge is 2.32. The van der Waals surface area contributed by atoms with Crippen LogP contribution < -0.4 is 11.1 Å². The van der Waals surface area contributed by atoms with E-state index in [4.69, 9.17) is 5.73 Å². The summed E-state index contributed by atoms with van der Waals surface area (Å²) in [6, 6.07) is 2.57. The van der Waals surface area contributed by atoms with Gasteiger partial charge in [-0.1, -0.05) is 20.8 Å². The first-order valence-corrected chi connectivity index (χ1v) is 8.38.